The summed E-state index contributed by atoms with van der Waals surface area (Å²) in [5.41, 5.74) is 0. The normalized spacial score (nSPS) is 22.1. The number of unbranched alkanes of at least 4 members (excludes halogenated alkanes) is 14. The molecule has 14 heteroatoms. The summed E-state index contributed by atoms with van der Waals surface area (Å²) in [7, 11) is -5.22. The van der Waals surface area contributed by atoms with E-state index in [1.54, 1.807) is 0 Å². The van der Waals surface area contributed by atoms with Crippen molar-refractivity contribution in [1.29, 1.82) is 0 Å². The third-order valence-corrected chi connectivity index (χ3v) is 10.1. The van der Waals surface area contributed by atoms with Crippen LogP contribution < -0.4 is 5.32 Å². The third kappa shape index (κ3) is 24.3. The fraction of sp³-hybridized carbons (Fsp3) is 0.947. The summed E-state index contributed by atoms with van der Waals surface area (Å²) in [6, 6.07) is -1.60. The van der Waals surface area contributed by atoms with Gasteiger partial charge in [-0.25, -0.2) is 4.57 Å². The van der Waals surface area contributed by atoms with E-state index in [0.717, 1.165) is 56.8 Å². The number of phosphoric ester groups is 1. The molecule has 0 bridgehead atoms. The predicted octanol–water partition coefficient (Wildman–Crippen LogP) is 6.19. The van der Waals surface area contributed by atoms with Crippen molar-refractivity contribution in [2.75, 3.05) is 6.61 Å². The lowest BCUT2D eigenvalue weighted by Gasteiger charge is -2.43. The van der Waals surface area contributed by atoms with Gasteiger partial charge in [-0.1, -0.05) is 143 Å². The summed E-state index contributed by atoms with van der Waals surface area (Å²) in [6.45, 7) is 8.13. The van der Waals surface area contributed by atoms with Crippen LogP contribution in [0.25, 0.3) is 0 Å². The number of aliphatic hydroxyl groups excluding tert-OH is 4. The number of hydrogen-bond acceptors (Lipinski definition) is 10. The quantitative estimate of drug-likeness (QED) is 0.0239. The van der Waals surface area contributed by atoms with Crippen molar-refractivity contribution in [3.05, 3.63) is 0 Å². The van der Waals surface area contributed by atoms with E-state index in [-0.39, 0.29) is 6.42 Å². The van der Waals surface area contributed by atoms with Crippen LogP contribution in [-0.2, 0) is 28.2 Å². The van der Waals surface area contributed by atoms with E-state index in [1.807, 2.05) is 0 Å². The van der Waals surface area contributed by atoms with Gasteiger partial charge in [-0.05, 0) is 24.7 Å². The van der Waals surface area contributed by atoms with Crippen LogP contribution >= 0.6 is 7.82 Å². The number of carbonyl (C=O) groups excluding carboxylic acids is 2. The minimum atomic E-state index is -5.22. The second-order valence-corrected chi connectivity index (χ2v) is 16.9. The molecule has 0 aromatic heterocycles. The molecule has 1 fully saturated rings. The van der Waals surface area contributed by atoms with Gasteiger partial charge in [0.15, 0.2) is 12.4 Å². The molecule has 1 saturated heterocycles. The first-order valence-electron chi connectivity index (χ1n) is 20.2. The molecule has 0 aromatic carbocycles. The second kappa shape index (κ2) is 28.3. The Kier molecular flexibility index (Phi) is 26.6. The van der Waals surface area contributed by atoms with Gasteiger partial charge in [-0.2, -0.15) is 0 Å². The van der Waals surface area contributed by atoms with Crippen LogP contribution in [0.1, 0.15) is 169 Å². The highest BCUT2D eigenvalue weighted by Crippen LogP contribution is 2.41. The first-order valence-corrected chi connectivity index (χ1v) is 21.7. The predicted molar refractivity (Wildman–Crippen MR) is 200 cm³/mol. The van der Waals surface area contributed by atoms with Crippen molar-refractivity contribution in [2.24, 2.45) is 11.8 Å². The van der Waals surface area contributed by atoms with Crippen LogP contribution in [0.5, 0.6) is 0 Å². The Morgan fingerprint density at radius 2 is 1.10 bits per heavy atom. The summed E-state index contributed by atoms with van der Waals surface area (Å²) in [5, 5.41) is 44.1. The van der Waals surface area contributed by atoms with E-state index in [2.05, 4.69) is 33.0 Å². The highest BCUT2D eigenvalue weighted by molar-refractivity contribution is 7.46. The van der Waals surface area contributed by atoms with Gasteiger partial charge in [0.25, 0.3) is 0 Å². The Morgan fingerprint density at radius 3 is 1.50 bits per heavy atom. The molecular weight excluding hydrogens is 693 g/mol. The van der Waals surface area contributed by atoms with Crippen molar-refractivity contribution < 1.29 is 58.4 Å². The molecule has 7 N–H and O–H groups in total. The van der Waals surface area contributed by atoms with Crippen LogP contribution in [-0.4, -0.2) is 91.5 Å². The molecule has 308 valence electrons. The van der Waals surface area contributed by atoms with E-state index >= 15 is 0 Å². The first kappa shape index (κ1) is 48.9. The van der Waals surface area contributed by atoms with Gasteiger partial charge in [0.1, 0.15) is 18.2 Å². The second-order valence-electron chi connectivity index (χ2n) is 15.7. The van der Waals surface area contributed by atoms with Crippen molar-refractivity contribution in [3.63, 3.8) is 0 Å². The van der Waals surface area contributed by atoms with Gasteiger partial charge >= 0.3 is 13.8 Å². The van der Waals surface area contributed by atoms with Gasteiger partial charge < -0.3 is 45.0 Å². The number of hydrogen-bond donors (Lipinski definition) is 7. The Labute approximate surface area is 313 Å². The molecule has 1 rings (SSSR count). The van der Waals surface area contributed by atoms with Crippen molar-refractivity contribution in [1.82, 2.24) is 5.32 Å². The Morgan fingerprint density at radius 1 is 0.692 bits per heavy atom. The van der Waals surface area contributed by atoms with Crippen LogP contribution in [0.4, 0.5) is 0 Å². The number of nitrogens with one attached hydrogen (secondary N) is 1. The van der Waals surface area contributed by atoms with Crippen LogP contribution in [0, 0.1) is 11.8 Å². The maximum atomic E-state index is 13.0. The number of aliphatic hydroxyl groups is 4. The monoisotopic (exact) mass is 767 g/mol. The Balaban J connectivity index is 2.62. The zero-order valence-electron chi connectivity index (χ0n) is 32.5. The number of carbonyl (C=O) groups is 2. The van der Waals surface area contributed by atoms with Crippen LogP contribution in [0.2, 0.25) is 0 Å². The summed E-state index contributed by atoms with van der Waals surface area (Å²) in [6.07, 6.45) is 11.1. The molecule has 1 aliphatic heterocycles. The molecule has 1 aliphatic rings. The molecule has 0 unspecified atom stereocenters. The first-order chi connectivity index (χ1) is 24.6. The summed E-state index contributed by atoms with van der Waals surface area (Å²) < 4.78 is 27.3. The molecule has 13 nitrogen and oxygen atoms in total. The SMILES string of the molecule is CC(C)CCCCCCCCCCC[C@@H](O)CC(=O)N[C@H]1[C@@H](OP(=O)(O)O)O[C@H](CO)[C@@H](O)[C@@H]1OC(=O)C[C@H](O)CCCCCCCCCC(C)C. The van der Waals surface area contributed by atoms with Gasteiger partial charge in [0.2, 0.25) is 5.91 Å². The summed E-state index contributed by atoms with van der Waals surface area (Å²) in [5.74, 6) is -0.186. The van der Waals surface area contributed by atoms with Gasteiger partial charge in [-0.15, -0.1) is 0 Å². The molecule has 0 aromatic rings. The van der Waals surface area contributed by atoms with E-state index in [4.69, 9.17) is 14.0 Å². The highest BCUT2D eigenvalue weighted by atomic mass is 31.2. The average molecular weight is 768 g/mol. The lowest BCUT2D eigenvalue weighted by Crippen LogP contribution is -2.65. The van der Waals surface area contributed by atoms with Crippen LogP contribution in [0.3, 0.4) is 0 Å². The summed E-state index contributed by atoms with van der Waals surface area (Å²) in [4.78, 5) is 44.9. The molecule has 0 saturated carbocycles. The van der Waals surface area contributed by atoms with E-state index < -0.39 is 75.6 Å². The Hall–Kier alpha value is -1.15. The van der Waals surface area contributed by atoms with Gasteiger partial charge in [-0.3, -0.25) is 14.1 Å². The largest absolute Gasteiger partial charge is 0.472 e. The molecule has 7 atom stereocenters. The lowest BCUT2D eigenvalue weighted by molar-refractivity contribution is -0.254. The fourth-order valence-corrected chi connectivity index (χ4v) is 7.08. The zero-order valence-corrected chi connectivity index (χ0v) is 33.4. The highest BCUT2D eigenvalue weighted by Gasteiger charge is 2.50. The third-order valence-electron chi connectivity index (χ3n) is 9.65. The topological polar surface area (TPSA) is 212 Å². The minimum Gasteiger partial charge on any atom is -0.457 e. The standard InChI is InChI=1S/C38H74NO12P/c1-28(2)21-17-13-9-6-5-7-11-15-19-23-30(41)25-33(43)39-35-37(36(45)32(27-40)49-38(35)51-52(46,47)48)50-34(44)26-31(42)24-20-16-12-8-10-14-18-22-29(3)4/h28-32,35-38,40-42,45H,5-27H2,1-4H3,(H,39,43)(H2,46,47,48)/t30-,31-,32-,35-,36-,37-,38-/m1/s1. The molecule has 0 spiro atoms. The minimum absolute atomic E-state index is 0.355. The van der Waals surface area contributed by atoms with E-state index in [1.165, 1.54) is 64.2 Å². The lowest BCUT2D eigenvalue weighted by atomic mass is 9.96. The molecule has 0 aliphatic carbocycles. The van der Waals surface area contributed by atoms with Crippen molar-refractivity contribution in [2.45, 2.75) is 212 Å². The molecule has 1 heterocycles. The molecule has 0 radical (unpaired) electrons. The number of rotatable bonds is 31. The number of ether oxygens (including phenoxy) is 2. The van der Waals surface area contributed by atoms with Crippen molar-refractivity contribution in [3.8, 4) is 0 Å². The van der Waals surface area contributed by atoms with Crippen molar-refractivity contribution >= 4 is 19.7 Å². The smallest absolute Gasteiger partial charge is 0.457 e. The molecular formula is C38H74NO12P. The maximum Gasteiger partial charge on any atom is 0.472 e. The van der Waals surface area contributed by atoms with Gasteiger partial charge in [0, 0.05) is 0 Å². The van der Waals surface area contributed by atoms with E-state index in [9.17, 15) is 44.4 Å². The van der Waals surface area contributed by atoms with Crippen LogP contribution in [0.15, 0.2) is 0 Å². The van der Waals surface area contributed by atoms with Gasteiger partial charge in [0.05, 0.1) is 31.7 Å². The molecule has 1 amide bonds. The molecule has 52 heavy (non-hydrogen) atoms. The number of esters is 1. The zero-order chi connectivity index (χ0) is 38.9. The number of phosphoric acid groups is 1. The van der Waals surface area contributed by atoms with E-state index in [0.29, 0.717) is 19.3 Å². The summed E-state index contributed by atoms with van der Waals surface area (Å²) >= 11 is 0. The maximum absolute atomic E-state index is 13.0. The Bertz CT molecular complexity index is 980. The fourth-order valence-electron chi connectivity index (χ4n) is 6.63. The number of amides is 1. The average Bonchev–Trinajstić information content (AvgIpc) is 3.04.